The minimum absolute atomic E-state index is 0.0962. The third kappa shape index (κ3) is 2.71. The molecule has 1 saturated heterocycles. The standard InChI is InChI=1S/C15H25N3S/c1-15(2,18-10-8-16-9-11-18)14-17-12-6-4-3-5-7-13(12)19-14/h16H,3-11H2,1-2H3. The van der Waals surface area contributed by atoms with Crippen LogP contribution in [-0.4, -0.2) is 36.1 Å². The summed E-state index contributed by atoms with van der Waals surface area (Å²) in [6.45, 7) is 9.17. The number of fused-ring (bicyclic) bond motifs is 1. The van der Waals surface area contributed by atoms with Gasteiger partial charge in [-0.3, -0.25) is 4.90 Å². The smallest absolute Gasteiger partial charge is 0.113 e. The number of hydrogen-bond donors (Lipinski definition) is 1. The first-order valence-electron chi connectivity index (χ1n) is 7.63. The molecular weight excluding hydrogens is 254 g/mol. The van der Waals surface area contributed by atoms with Crippen molar-refractivity contribution in [2.75, 3.05) is 26.2 Å². The van der Waals surface area contributed by atoms with Crippen molar-refractivity contribution in [3.63, 3.8) is 0 Å². The molecule has 19 heavy (non-hydrogen) atoms. The van der Waals surface area contributed by atoms with Gasteiger partial charge in [0.1, 0.15) is 5.01 Å². The van der Waals surface area contributed by atoms with Gasteiger partial charge in [0.2, 0.25) is 0 Å². The second-order valence-electron chi connectivity index (χ2n) is 6.25. The van der Waals surface area contributed by atoms with Gasteiger partial charge in [0.15, 0.2) is 0 Å². The quantitative estimate of drug-likeness (QED) is 0.843. The normalized spacial score (nSPS) is 22.0. The minimum Gasteiger partial charge on any atom is -0.314 e. The van der Waals surface area contributed by atoms with Gasteiger partial charge in [-0.25, -0.2) is 4.98 Å². The van der Waals surface area contributed by atoms with E-state index in [1.165, 1.54) is 42.8 Å². The van der Waals surface area contributed by atoms with Crippen molar-refractivity contribution >= 4 is 11.3 Å². The van der Waals surface area contributed by atoms with Gasteiger partial charge in [-0.1, -0.05) is 6.42 Å². The van der Waals surface area contributed by atoms with E-state index in [9.17, 15) is 0 Å². The Balaban J connectivity index is 1.84. The molecule has 106 valence electrons. The monoisotopic (exact) mass is 279 g/mol. The van der Waals surface area contributed by atoms with E-state index in [0.717, 1.165) is 26.2 Å². The van der Waals surface area contributed by atoms with Crippen LogP contribution in [0.2, 0.25) is 0 Å². The Hall–Kier alpha value is -0.450. The van der Waals surface area contributed by atoms with E-state index in [4.69, 9.17) is 4.98 Å². The minimum atomic E-state index is 0.0962. The summed E-state index contributed by atoms with van der Waals surface area (Å²) in [6.07, 6.45) is 6.50. The molecule has 1 aliphatic heterocycles. The highest BCUT2D eigenvalue weighted by Gasteiger charge is 2.33. The molecule has 0 bridgehead atoms. The number of nitrogens with one attached hydrogen (secondary N) is 1. The molecule has 1 N–H and O–H groups in total. The molecule has 2 heterocycles. The van der Waals surface area contributed by atoms with Gasteiger partial charge >= 0.3 is 0 Å². The maximum absolute atomic E-state index is 5.01. The number of hydrogen-bond acceptors (Lipinski definition) is 4. The molecule has 3 rings (SSSR count). The summed E-state index contributed by atoms with van der Waals surface area (Å²) in [5.41, 5.74) is 1.50. The first kappa shape index (κ1) is 13.5. The topological polar surface area (TPSA) is 28.2 Å². The van der Waals surface area contributed by atoms with Crippen LogP contribution in [0.1, 0.15) is 48.7 Å². The zero-order chi connectivity index (χ0) is 13.3. The zero-order valence-electron chi connectivity index (χ0n) is 12.2. The number of thiazole rings is 1. The summed E-state index contributed by atoms with van der Waals surface area (Å²) in [5.74, 6) is 0. The molecule has 0 aromatic carbocycles. The Labute approximate surface area is 120 Å². The summed E-state index contributed by atoms with van der Waals surface area (Å²) in [4.78, 5) is 9.16. The molecule has 0 saturated carbocycles. The van der Waals surface area contributed by atoms with Gasteiger partial charge in [0.05, 0.1) is 11.2 Å². The molecule has 0 atom stereocenters. The number of nitrogens with zero attached hydrogens (tertiary/aromatic N) is 2. The first-order valence-corrected chi connectivity index (χ1v) is 8.44. The molecule has 3 nitrogen and oxygen atoms in total. The molecule has 0 unspecified atom stereocenters. The Bertz CT molecular complexity index is 409. The Morgan fingerprint density at radius 3 is 2.63 bits per heavy atom. The summed E-state index contributed by atoms with van der Waals surface area (Å²) >= 11 is 1.98. The van der Waals surface area contributed by atoms with Crippen molar-refractivity contribution in [2.45, 2.75) is 51.5 Å². The number of piperazine rings is 1. The third-order valence-corrected chi connectivity index (χ3v) is 6.00. The predicted molar refractivity (Wildman–Crippen MR) is 80.8 cm³/mol. The van der Waals surface area contributed by atoms with Crippen LogP contribution in [0.5, 0.6) is 0 Å². The lowest BCUT2D eigenvalue weighted by atomic mass is 10.0. The van der Waals surface area contributed by atoms with Crippen LogP contribution in [-0.2, 0) is 18.4 Å². The van der Waals surface area contributed by atoms with Crippen LogP contribution in [0, 0.1) is 0 Å². The van der Waals surface area contributed by atoms with Gasteiger partial charge in [-0.05, 0) is 39.5 Å². The van der Waals surface area contributed by atoms with Crippen LogP contribution in [0.25, 0.3) is 0 Å². The molecular formula is C15H25N3S. The van der Waals surface area contributed by atoms with E-state index in [0.29, 0.717) is 0 Å². The fourth-order valence-electron chi connectivity index (χ4n) is 3.15. The van der Waals surface area contributed by atoms with Crippen LogP contribution >= 0.6 is 11.3 Å². The SMILES string of the molecule is CC(C)(c1nc2c(s1)CCCCC2)N1CCNCC1. The molecule has 1 aromatic rings. The van der Waals surface area contributed by atoms with Gasteiger partial charge in [-0.2, -0.15) is 0 Å². The van der Waals surface area contributed by atoms with Crippen molar-refractivity contribution in [1.29, 1.82) is 0 Å². The molecule has 2 aliphatic rings. The van der Waals surface area contributed by atoms with E-state index in [1.807, 2.05) is 11.3 Å². The van der Waals surface area contributed by atoms with Crippen LogP contribution in [0.4, 0.5) is 0 Å². The highest BCUT2D eigenvalue weighted by atomic mass is 32.1. The van der Waals surface area contributed by atoms with Crippen molar-refractivity contribution in [2.24, 2.45) is 0 Å². The van der Waals surface area contributed by atoms with E-state index >= 15 is 0 Å². The van der Waals surface area contributed by atoms with Crippen molar-refractivity contribution in [3.8, 4) is 0 Å². The molecule has 4 heteroatoms. The van der Waals surface area contributed by atoms with E-state index in [1.54, 1.807) is 4.88 Å². The van der Waals surface area contributed by atoms with Crippen LogP contribution < -0.4 is 5.32 Å². The molecule has 0 amide bonds. The Morgan fingerprint density at radius 1 is 1.11 bits per heavy atom. The maximum atomic E-state index is 5.01. The second kappa shape index (κ2) is 5.51. The van der Waals surface area contributed by atoms with Gasteiger partial charge in [-0.15, -0.1) is 11.3 Å². The van der Waals surface area contributed by atoms with Crippen molar-refractivity contribution in [1.82, 2.24) is 15.2 Å². The molecule has 0 radical (unpaired) electrons. The lowest BCUT2D eigenvalue weighted by molar-refractivity contribution is 0.102. The lowest BCUT2D eigenvalue weighted by Gasteiger charge is -2.39. The Morgan fingerprint density at radius 2 is 1.84 bits per heavy atom. The number of aryl methyl sites for hydroxylation is 2. The number of aromatic nitrogens is 1. The highest BCUT2D eigenvalue weighted by Crippen LogP contribution is 2.35. The van der Waals surface area contributed by atoms with E-state index in [2.05, 4.69) is 24.1 Å². The van der Waals surface area contributed by atoms with E-state index < -0.39 is 0 Å². The lowest BCUT2D eigenvalue weighted by Crippen LogP contribution is -2.51. The molecule has 1 aliphatic carbocycles. The maximum Gasteiger partial charge on any atom is 0.113 e. The average Bonchev–Trinajstić information content (AvgIpc) is 2.72. The first-order chi connectivity index (χ1) is 9.18. The highest BCUT2D eigenvalue weighted by molar-refractivity contribution is 7.11. The molecule has 0 spiro atoms. The second-order valence-corrected chi connectivity index (χ2v) is 7.33. The fourth-order valence-corrected chi connectivity index (χ4v) is 4.43. The summed E-state index contributed by atoms with van der Waals surface area (Å²) < 4.78 is 0. The fraction of sp³-hybridized carbons (Fsp3) is 0.800. The average molecular weight is 279 g/mol. The number of rotatable bonds is 2. The largest absolute Gasteiger partial charge is 0.314 e. The Kier molecular flexibility index (Phi) is 3.92. The van der Waals surface area contributed by atoms with Crippen LogP contribution in [0.3, 0.4) is 0 Å². The van der Waals surface area contributed by atoms with E-state index in [-0.39, 0.29) is 5.54 Å². The van der Waals surface area contributed by atoms with Gasteiger partial charge in [0.25, 0.3) is 0 Å². The molecule has 1 fully saturated rings. The zero-order valence-corrected chi connectivity index (χ0v) is 13.0. The van der Waals surface area contributed by atoms with Crippen LogP contribution in [0.15, 0.2) is 0 Å². The summed E-state index contributed by atoms with van der Waals surface area (Å²) in [7, 11) is 0. The predicted octanol–water partition coefficient (Wildman–Crippen LogP) is 2.55. The third-order valence-electron chi connectivity index (χ3n) is 4.53. The van der Waals surface area contributed by atoms with Gasteiger partial charge in [0, 0.05) is 31.1 Å². The summed E-state index contributed by atoms with van der Waals surface area (Å²) in [5, 5.41) is 4.77. The van der Waals surface area contributed by atoms with Gasteiger partial charge < -0.3 is 5.32 Å². The van der Waals surface area contributed by atoms with Crippen molar-refractivity contribution < 1.29 is 0 Å². The van der Waals surface area contributed by atoms with Crippen molar-refractivity contribution in [3.05, 3.63) is 15.6 Å². The summed E-state index contributed by atoms with van der Waals surface area (Å²) in [6, 6.07) is 0. The molecule has 1 aromatic heterocycles.